The molecule has 4 atom stereocenters. The number of alkyl halides is 3. The molecule has 108 valence electrons. The van der Waals surface area contributed by atoms with Crippen LogP contribution < -0.4 is 11.1 Å². The van der Waals surface area contributed by atoms with Gasteiger partial charge >= 0.3 is 6.18 Å². The van der Waals surface area contributed by atoms with Crippen molar-refractivity contribution in [3.05, 3.63) is 11.9 Å². The number of rotatable bonds is 2. The fraction of sp³-hybridized carbons (Fsp3) is 0.692. The summed E-state index contributed by atoms with van der Waals surface area (Å²) < 4.78 is 38.0. The zero-order valence-electron chi connectivity index (χ0n) is 10.7. The van der Waals surface area contributed by atoms with Crippen molar-refractivity contribution in [3.63, 3.8) is 0 Å². The number of halogens is 3. The smallest absolute Gasteiger partial charge is 0.384 e. The van der Waals surface area contributed by atoms with Crippen molar-refractivity contribution in [2.75, 3.05) is 11.1 Å². The van der Waals surface area contributed by atoms with Crippen molar-refractivity contribution in [3.8, 4) is 0 Å². The third-order valence-corrected chi connectivity index (χ3v) is 5.05. The van der Waals surface area contributed by atoms with Crippen LogP contribution in [0.25, 0.3) is 0 Å². The van der Waals surface area contributed by atoms with Gasteiger partial charge in [-0.3, -0.25) is 0 Å². The van der Waals surface area contributed by atoms with E-state index in [0.29, 0.717) is 11.8 Å². The predicted octanol–water partition coefficient (Wildman–Crippen LogP) is 2.53. The maximum absolute atomic E-state index is 12.7. The van der Waals surface area contributed by atoms with E-state index in [4.69, 9.17) is 5.73 Å². The lowest BCUT2D eigenvalue weighted by atomic mass is 10.0. The van der Waals surface area contributed by atoms with Crippen LogP contribution in [0.2, 0.25) is 0 Å². The first-order valence-corrected chi connectivity index (χ1v) is 6.92. The van der Waals surface area contributed by atoms with Crippen molar-refractivity contribution in [1.82, 2.24) is 9.97 Å². The van der Waals surface area contributed by atoms with E-state index in [1.54, 1.807) is 0 Å². The third-order valence-electron chi connectivity index (χ3n) is 5.05. The van der Waals surface area contributed by atoms with Gasteiger partial charge in [-0.05, 0) is 42.9 Å². The Balaban J connectivity index is 1.54. The molecule has 1 aromatic rings. The van der Waals surface area contributed by atoms with Gasteiger partial charge < -0.3 is 11.1 Å². The molecule has 0 aromatic carbocycles. The Kier molecular flexibility index (Phi) is 2.30. The molecule has 3 aliphatic rings. The molecule has 0 saturated heterocycles. The molecule has 2 bridgehead atoms. The van der Waals surface area contributed by atoms with Crippen molar-refractivity contribution < 1.29 is 13.2 Å². The maximum Gasteiger partial charge on any atom is 0.451 e. The van der Waals surface area contributed by atoms with Gasteiger partial charge in [0.15, 0.2) is 0 Å². The molecular weight excluding hydrogens is 269 g/mol. The van der Waals surface area contributed by atoms with E-state index >= 15 is 0 Å². The minimum atomic E-state index is -4.57. The second-order valence-electron chi connectivity index (χ2n) is 6.16. The zero-order chi connectivity index (χ0) is 14.1. The predicted molar refractivity (Wildman–Crippen MR) is 66.7 cm³/mol. The summed E-state index contributed by atoms with van der Waals surface area (Å²) in [4.78, 5) is 6.80. The van der Waals surface area contributed by atoms with Gasteiger partial charge in [-0.2, -0.15) is 13.2 Å². The van der Waals surface area contributed by atoms with Gasteiger partial charge in [0.2, 0.25) is 5.82 Å². The monoisotopic (exact) mass is 284 g/mol. The number of anilines is 2. The second kappa shape index (κ2) is 3.77. The summed E-state index contributed by atoms with van der Waals surface area (Å²) in [7, 11) is 0. The van der Waals surface area contributed by atoms with Gasteiger partial charge in [0.05, 0.1) is 0 Å². The van der Waals surface area contributed by atoms with E-state index in [-0.39, 0.29) is 17.7 Å². The minimum Gasteiger partial charge on any atom is -0.384 e. The van der Waals surface area contributed by atoms with E-state index in [1.165, 1.54) is 25.3 Å². The molecule has 3 aliphatic carbocycles. The number of hydrogen-bond donors (Lipinski definition) is 2. The topological polar surface area (TPSA) is 63.8 Å². The fourth-order valence-electron chi connectivity index (χ4n) is 4.36. The Labute approximate surface area is 114 Å². The molecule has 4 rings (SSSR count). The van der Waals surface area contributed by atoms with Gasteiger partial charge in [0.1, 0.15) is 11.6 Å². The van der Waals surface area contributed by atoms with Crippen LogP contribution in [0, 0.1) is 23.7 Å². The molecule has 4 unspecified atom stereocenters. The van der Waals surface area contributed by atoms with Crippen LogP contribution in [-0.4, -0.2) is 16.0 Å². The van der Waals surface area contributed by atoms with Crippen LogP contribution in [0.5, 0.6) is 0 Å². The largest absolute Gasteiger partial charge is 0.451 e. The molecule has 1 aromatic heterocycles. The number of nitrogens with zero attached hydrogens (tertiary/aromatic N) is 2. The van der Waals surface area contributed by atoms with Crippen LogP contribution >= 0.6 is 0 Å². The first-order valence-electron chi connectivity index (χ1n) is 6.92. The number of nitrogen functional groups attached to an aromatic ring is 1. The Morgan fingerprint density at radius 1 is 1.15 bits per heavy atom. The van der Waals surface area contributed by atoms with Gasteiger partial charge in [-0.25, -0.2) is 9.97 Å². The van der Waals surface area contributed by atoms with Crippen molar-refractivity contribution in [2.45, 2.75) is 31.5 Å². The van der Waals surface area contributed by atoms with Crippen LogP contribution in [0.15, 0.2) is 6.07 Å². The molecule has 3 saturated carbocycles. The molecular formula is C13H15F3N4. The highest BCUT2D eigenvalue weighted by molar-refractivity contribution is 5.47. The number of nitrogens with one attached hydrogen (secondary N) is 1. The molecule has 0 radical (unpaired) electrons. The fourth-order valence-corrected chi connectivity index (χ4v) is 4.36. The normalized spacial score (nSPS) is 37.9. The first kappa shape index (κ1) is 12.2. The average Bonchev–Trinajstić information content (AvgIpc) is 2.77. The quantitative estimate of drug-likeness (QED) is 0.876. The lowest BCUT2D eigenvalue weighted by Gasteiger charge is -2.13. The number of hydrogen-bond acceptors (Lipinski definition) is 4. The Hall–Kier alpha value is -1.53. The van der Waals surface area contributed by atoms with E-state index < -0.39 is 12.0 Å². The number of aromatic nitrogens is 2. The van der Waals surface area contributed by atoms with Gasteiger partial charge in [0.25, 0.3) is 0 Å². The molecule has 20 heavy (non-hydrogen) atoms. The summed E-state index contributed by atoms with van der Waals surface area (Å²) in [5.74, 6) is 1.63. The minimum absolute atomic E-state index is 0.149. The number of fused-ring (bicyclic) bond motifs is 5. The highest BCUT2D eigenvalue weighted by Gasteiger charge is 2.65. The standard InChI is InChI=1S/C13H15F3N4/c14-13(15,16)12-18-7(17)4-8(20-12)19-11-9-5-1-2-6(3-5)10(9)11/h4-6,9-11H,1-3H2,(H3,17,18,19,20). The zero-order valence-corrected chi connectivity index (χ0v) is 10.7. The SMILES string of the molecule is Nc1cc(NC2C3C4CCC(C4)C23)nc(C(F)(F)F)n1. The Bertz CT molecular complexity index is 543. The molecule has 0 spiro atoms. The van der Waals surface area contributed by atoms with Gasteiger partial charge in [0, 0.05) is 12.1 Å². The van der Waals surface area contributed by atoms with Crippen LogP contribution in [0.3, 0.4) is 0 Å². The summed E-state index contributed by atoms with van der Waals surface area (Å²) in [5, 5.41) is 3.14. The summed E-state index contributed by atoms with van der Waals surface area (Å²) in [6.07, 6.45) is -0.731. The van der Waals surface area contributed by atoms with Crippen molar-refractivity contribution in [2.24, 2.45) is 23.7 Å². The highest BCUT2D eigenvalue weighted by Crippen LogP contribution is 2.66. The highest BCUT2D eigenvalue weighted by atomic mass is 19.4. The van der Waals surface area contributed by atoms with Gasteiger partial charge in [-0.1, -0.05) is 0 Å². The summed E-state index contributed by atoms with van der Waals surface area (Å²) in [6.45, 7) is 0. The average molecular weight is 284 g/mol. The van der Waals surface area contributed by atoms with E-state index in [9.17, 15) is 13.2 Å². The maximum atomic E-state index is 12.7. The van der Waals surface area contributed by atoms with E-state index in [1.807, 2.05) is 0 Å². The second-order valence-corrected chi connectivity index (χ2v) is 6.16. The lowest BCUT2D eigenvalue weighted by Crippen LogP contribution is -2.18. The third kappa shape index (κ3) is 1.75. The van der Waals surface area contributed by atoms with Crippen LogP contribution in [0.1, 0.15) is 25.1 Å². The van der Waals surface area contributed by atoms with Crippen LogP contribution in [-0.2, 0) is 6.18 Å². The van der Waals surface area contributed by atoms with E-state index in [2.05, 4.69) is 15.3 Å². The van der Waals surface area contributed by atoms with Crippen molar-refractivity contribution in [1.29, 1.82) is 0 Å². The molecule has 4 nitrogen and oxygen atoms in total. The Morgan fingerprint density at radius 3 is 2.40 bits per heavy atom. The molecule has 3 N–H and O–H groups in total. The summed E-state index contributed by atoms with van der Waals surface area (Å²) in [6, 6.07) is 1.65. The molecule has 7 heteroatoms. The number of nitrogens with two attached hydrogens (primary N) is 1. The van der Waals surface area contributed by atoms with Crippen molar-refractivity contribution >= 4 is 11.6 Å². The lowest BCUT2D eigenvalue weighted by molar-refractivity contribution is -0.144. The molecule has 0 amide bonds. The molecule has 3 fully saturated rings. The molecule has 1 heterocycles. The summed E-state index contributed by atoms with van der Waals surface area (Å²) in [5.41, 5.74) is 5.44. The first-order chi connectivity index (χ1) is 9.43. The van der Waals surface area contributed by atoms with Gasteiger partial charge in [-0.15, -0.1) is 0 Å². The Morgan fingerprint density at radius 2 is 1.80 bits per heavy atom. The van der Waals surface area contributed by atoms with Crippen LogP contribution in [0.4, 0.5) is 24.8 Å². The molecule has 0 aliphatic heterocycles. The van der Waals surface area contributed by atoms with E-state index in [0.717, 1.165) is 11.8 Å². The summed E-state index contributed by atoms with van der Waals surface area (Å²) >= 11 is 0.